The number of hydrogen-bond donors (Lipinski definition) is 3. The topological polar surface area (TPSA) is 143 Å². The number of anilines is 1. The first-order valence-electron chi connectivity index (χ1n) is 15.6. The summed E-state index contributed by atoms with van der Waals surface area (Å²) in [5, 5.41) is 13.4. The van der Waals surface area contributed by atoms with Crippen LogP contribution in [0.3, 0.4) is 0 Å². The molecule has 2 amide bonds. The third-order valence-corrected chi connectivity index (χ3v) is 10.7. The van der Waals surface area contributed by atoms with Crippen LogP contribution in [-0.4, -0.2) is 72.4 Å². The number of phenols is 1. The van der Waals surface area contributed by atoms with Gasteiger partial charge in [-0.15, -0.1) is 0 Å². The van der Waals surface area contributed by atoms with E-state index in [1.165, 1.54) is 32.4 Å². The number of ether oxygens (including phenoxy) is 3. The second-order valence-corrected chi connectivity index (χ2v) is 15.2. The Morgan fingerprint density at radius 2 is 1.69 bits per heavy atom. The van der Waals surface area contributed by atoms with Crippen molar-refractivity contribution in [3.05, 3.63) is 109 Å². The quantitative estimate of drug-likeness (QED) is 0.0916. The molecule has 0 atom stereocenters. The highest BCUT2D eigenvalue weighted by atomic mass is 79.9. The van der Waals surface area contributed by atoms with Crippen LogP contribution in [0.4, 0.5) is 5.69 Å². The number of sulfonamides is 1. The number of carbonyl (C=O) groups is 2. The Bertz CT molecular complexity index is 2080. The molecule has 0 aliphatic carbocycles. The normalized spacial score (nSPS) is 13.4. The van der Waals surface area contributed by atoms with Crippen LogP contribution < -0.4 is 24.4 Å². The summed E-state index contributed by atoms with van der Waals surface area (Å²) in [6.07, 6.45) is 2.22. The molecule has 0 radical (unpaired) electrons. The lowest BCUT2D eigenvalue weighted by Crippen LogP contribution is -2.32. The lowest BCUT2D eigenvalue weighted by molar-refractivity contribution is -0.113. The van der Waals surface area contributed by atoms with Gasteiger partial charge in [-0.25, -0.2) is 13.1 Å². The van der Waals surface area contributed by atoms with E-state index in [2.05, 4.69) is 41.9 Å². The molecule has 3 N–H and O–H groups in total. The van der Waals surface area contributed by atoms with Gasteiger partial charge in [-0.3, -0.25) is 9.59 Å². The van der Waals surface area contributed by atoms with Crippen LogP contribution in [0.5, 0.6) is 17.2 Å². The smallest absolute Gasteiger partial charge is 0.259 e. The molecule has 0 bridgehead atoms. The number of hydrogen-bond acceptors (Lipinski definition) is 8. The van der Waals surface area contributed by atoms with E-state index < -0.39 is 10.0 Å². The lowest BCUT2D eigenvalue weighted by atomic mass is 10.0. The molecule has 0 saturated heterocycles. The Labute approximate surface area is 317 Å². The van der Waals surface area contributed by atoms with Crippen molar-refractivity contribution in [3.63, 3.8) is 0 Å². The highest BCUT2D eigenvalue weighted by molar-refractivity contribution is 9.10. The number of methoxy groups -OCH3 is 2. The molecule has 4 aromatic carbocycles. The van der Waals surface area contributed by atoms with Crippen molar-refractivity contribution in [2.75, 3.05) is 52.0 Å². The van der Waals surface area contributed by atoms with Crippen molar-refractivity contribution < 1.29 is 37.3 Å². The lowest BCUT2D eigenvalue weighted by Gasteiger charge is -2.17. The van der Waals surface area contributed by atoms with E-state index in [0.717, 1.165) is 21.3 Å². The maximum absolute atomic E-state index is 13.6. The first-order valence-corrected chi connectivity index (χ1v) is 19.0. The molecule has 0 unspecified atom stereocenters. The number of nitrogens with zero attached hydrogens (tertiary/aromatic N) is 1. The van der Waals surface area contributed by atoms with Gasteiger partial charge in [0.1, 0.15) is 5.75 Å². The predicted molar refractivity (Wildman–Crippen MR) is 203 cm³/mol. The molecule has 0 aromatic heterocycles. The fraction of sp³-hybridized carbons (Fsp3) is 0.222. The summed E-state index contributed by atoms with van der Waals surface area (Å²) in [6, 6.07) is 20.1. The molecule has 11 nitrogen and oxygen atoms in total. The van der Waals surface area contributed by atoms with Crippen LogP contribution in [0.15, 0.2) is 86.6 Å². The minimum Gasteiger partial charge on any atom is -0.503 e. The Balaban J connectivity index is 1.10. The zero-order chi connectivity index (χ0) is 36.7. The van der Waals surface area contributed by atoms with Gasteiger partial charge in [0.25, 0.3) is 11.8 Å². The van der Waals surface area contributed by atoms with Crippen molar-refractivity contribution in [1.82, 2.24) is 10.0 Å². The fourth-order valence-electron chi connectivity index (χ4n) is 5.39. The molecular weight excluding hydrogens is 830 g/mol. The van der Waals surface area contributed by atoms with Crippen molar-refractivity contribution in [2.45, 2.75) is 11.3 Å². The SMILES string of the molecule is COc1ccc(Cl)cc1C(=O)NCCc1ccc(S(=O)(=O)NCCOCCN2C(=O)/C(=C/c3cc(Br)c(O)c(OC)c3)c3cc(Br)ccc32)cc1. The van der Waals surface area contributed by atoms with Gasteiger partial charge in [-0.1, -0.05) is 39.7 Å². The molecule has 0 saturated carbocycles. The number of nitrogens with one attached hydrogen (secondary N) is 2. The number of benzene rings is 4. The number of fused-ring (bicyclic) bond motifs is 1. The summed E-state index contributed by atoms with van der Waals surface area (Å²) in [5.41, 5.74) is 3.75. The maximum atomic E-state index is 13.6. The molecule has 1 heterocycles. The first kappa shape index (κ1) is 38.3. The minimum absolute atomic E-state index is 0.0310. The van der Waals surface area contributed by atoms with Crippen LogP contribution in [0.1, 0.15) is 27.0 Å². The zero-order valence-corrected chi connectivity index (χ0v) is 32.3. The molecular formula is C36H34Br2ClN3O8S. The number of phenolic OH excluding ortho intramolecular Hbond substituents is 1. The summed E-state index contributed by atoms with van der Waals surface area (Å²) in [5.74, 6) is 0.0981. The monoisotopic (exact) mass is 861 g/mol. The van der Waals surface area contributed by atoms with Crippen molar-refractivity contribution in [1.29, 1.82) is 0 Å². The Kier molecular flexibility index (Phi) is 12.8. The zero-order valence-electron chi connectivity index (χ0n) is 27.5. The molecule has 1 aliphatic heterocycles. The molecule has 268 valence electrons. The average molecular weight is 864 g/mol. The van der Waals surface area contributed by atoms with Gasteiger partial charge in [0.2, 0.25) is 10.0 Å². The van der Waals surface area contributed by atoms with Crippen molar-refractivity contribution in [2.24, 2.45) is 0 Å². The summed E-state index contributed by atoms with van der Waals surface area (Å²) in [6.45, 7) is 0.862. The first-order chi connectivity index (χ1) is 24.4. The van der Waals surface area contributed by atoms with Crippen LogP contribution in [0.25, 0.3) is 11.6 Å². The van der Waals surface area contributed by atoms with Gasteiger partial charge < -0.3 is 29.5 Å². The number of amides is 2. The number of carbonyl (C=O) groups excluding carboxylic acids is 2. The Morgan fingerprint density at radius 1 is 0.941 bits per heavy atom. The minimum atomic E-state index is -3.79. The van der Waals surface area contributed by atoms with E-state index in [4.69, 9.17) is 25.8 Å². The van der Waals surface area contributed by atoms with Crippen LogP contribution >= 0.6 is 43.5 Å². The summed E-state index contributed by atoms with van der Waals surface area (Å²) in [4.78, 5) is 27.9. The molecule has 51 heavy (non-hydrogen) atoms. The van der Waals surface area contributed by atoms with Gasteiger partial charge in [0.15, 0.2) is 11.5 Å². The fourth-order valence-corrected chi connectivity index (χ4v) is 7.39. The largest absolute Gasteiger partial charge is 0.503 e. The van der Waals surface area contributed by atoms with Gasteiger partial charge in [0.05, 0.1) is 48.1 Å². The standard InChI is InChI=1S/C36H34Br2ClN3O8S/c1-48-32-10-6-25(39)21-29(32)35(44)40-12-11-22-3-7-26(8-4-22)51(46,47)41-13-15-50-16-14-42-31-9-5-24(37)20-27(31)28(36(42)45)17-23-18-30(38)34(43)33(19-23)49-2/h3-10,17-21,41,43H,11-16H2,1-2H3,(H,40,44)/b28-17+. The summed E-state index contributed by atoms with van der Waals surface area (Å²) < 4.78 is 45.7. The third-order valence-electron chi connectivity index (χ3n) is 7.93. The second-order valence-electron chi connectivity index (χ2n) is 11.2. The van der Waals surface area contributed by atoms with E-state index in [9.17, 15) is 23.1 Å². The van der Waals surface area contributed by atoms with E-state index in [1.807, 2.05) is 18.2 Å². The van der Waals surface area contributed by atoms with Crippen LogP contribution in [0.2, 0.25) is 5.02 Å². The molecule has 1 aliphatic rings. The molecule has 0 spiro atoms. The van der Waals surface area contributed by atoms with Gasteiger partial charge >= 0.3 is 0 Å². The van der Waals surface area contributed by atoms with Crippen molar-refractivity contribution >= 4 is 82.6 Å². The number of aromatic hydroxyl groups is 1. The van der Waals surface area contributed by atoms with Gasteiger partial charge in [-0.05, 0) is 100 Å². The van der Waals surface area contributed by atoms with Crippen LogP contribution in [0, 0.1) is 0 Å². The molecule has 0 fully saturated rings. The number of rotatable bonds is 15. The highest BCUT2D eigenvalue weighted by Crippen LogP contribution is 2.41. The van der Waals surface area contributed by atoms with Gasteiger partial charge in [-0.2, -0.15) is 0 Å². The van der Waals surface area contributed by atoms with E-state index in [1.54, 1.807) is 47.4 Å². The van der Waals surface area contributed by atoms with E-state index >= 15 is 0 Å². The predicted octanol–water partition coefficient (Wildman–Crippen LogP) is 6.44. The molecule has 5 rings (SSSR count). The average Bonchev–Trinajstić information content (AvgIpc) is 3.36. The van der Waals surface area contributed by atoms with Crippen molar-refractivity contribution in [3.8, 4) is 17.2 Å². The maximum Gasteiger partial charge on any atom is 0.259 e. The van der Waals surface area contributed by atoms with Gasteiger partial charge in [0, 0.05) is 40.3 Å². The Morgan fingerprint density at radius 3 is 2.41 bits per heavy atom. The number of halogens is 3. The molecule has 4 aromatic rings. The molecule has 15 heteroatoms. The van der Waals surface area contributed by atoms with E-state index in [-0.39, 0.29) is 54.5 Å². The summed E-state index contributed by atoms with van der Waals surface area (Å²) >= 11 is 12.8. The van der Waals surface area contributed by atoms with E-state index in [0.29, 0.717) is 44.9 Å². The second kappa shape index (κ2) is 17.1. The van der Waals surface area contributed by atoms with Crippen LogP contribution in [-0.2, 0) is 26.0 Å². The highest BCUT2D eigenvalue weighted by Gasteiger charge is 2.32. The summed E-state index contributed by atoms with van der Waals surface area (Å²) in [7, 11) is -0.869. The Hall–Kier alpha value is -3.92. The third kappa shape index (κ3) is 9.31.